The Hall–Kier alpha value is -0.720. The molecule has 0 fully saturated rings. The minimum absolute atomic E-state index is 0.233. The van der Waals surface area contributed by atoms with Gasteiger partial charge in [-0.3, -0.25) is 0 Å². The molecule has 94 valence electrons. The number of allylic oxidation sites excluding steroid dienone is 2. The van der Waals surface area contributed by atoms with E-state index in [2.05, 4.69) is 64.8 Å². The summed E-state index contributed by atoms with van der Waals surface area (Å²) in [6.45, 7) is 18.5. The smallest absolute Gasteiger partial charge is 0.0365 e. The Kier molecular flexibility index (Phi) is 5.31. The largest absolute Gasteiger partial charge is 0.369 e. The fraction of sp³-hybridized carbons (Fsp3) is 0.733. The number of hydrogen-bond acceptors (Lipinski definition) is 1. The molecule has 1 nitrogen and oxygen atoms in total. The van der Waals surface area contributed by atoms with Gasteiger partial charge in [0.2, 0.25) is 0 Å². The lowest BCUT2D eigenvalue weighted by molar-refractivity contribution is 0.222. The van der Waals surface area contributed by atoms with E-state index in [-0.39, 0.29) is 11.0 Å². The Bertz CT molecular complexity index is 258. The van der Waals surface area contributed by atoms with Crippen LogP contribution in [0.1, 0.15) is 55.4 Å². The van der Waals surface area contributed by atoms with E-state index >= 15 is 0 Å². The lowest BCUT2D eigenvalue weighted by Crippen LogP contribution is -2.38. The molecule has 0 N–H and O–H groups in total. The molecule has 16 heavy (non-hydrogen) atoms. The topological polar surface area (TPSA) is 3.24 Å². The number of nitrogens with zero attached hydrogens (tertiary/aromatic N) is 1. The second kappa shape index (κ2) is 5.56. The first-order chi connectivity index (χ1) is 7.21. The quantitative estimate of drug-likeness (QED) is 0.579. The van der Waals surface area contributed by atoms with E-state index < -0.39 is 0 Å². The van der Waals surface area contributed by atoms with Crippen molar-refractivity contribution in [3.8, 4) is 0 Å². The van der Waals surface area contributed by atoms with Crippen LogP contribution in [0, 0.1) is 5.41 Å². The van der Waals surface area contributed by atoms with E-state index in [0.29, 0.717) is 0 Å². The summed E-state index contributed by atoms with van der Waals surface area (Å²) >= 11 is 0. The summed E-state index contributed by atoms with van der Waals surface area (Å²) in [7, 11) is 0. The van der Waals surface area contributed by atoms with Crippen molar-refractivity contribution in [2.24, 2.45) is 5.41 Å². The Morgan fingerprint density at radius 1 is 1.00 bits per heavy atom. The second-order valence-corrected chi connectivity index (χ2v) is 6.05. The minimum Gasteiger partial charge on any atom is -0.369 e. The second-order valence-electron chi connectivity index (χ2n) is 6.05. The molecule has 0 radical (unpaired) electrons. The van der Waals surface area contributed by atoms with Crippen LogP contribution in [0.5, 0.6) is 0 Å². The zero-order valence-electron chi connectivity index (χ0n) is 12.4. The Morgan fingerprint density at radius 3 is 1.75 bits per heavy atom. The van der Waals surface area contributed by atoms with Crippen LogP contribution >= 0.6 is 0 Å². The maximum Gasteiger partial charge on any atom is 0.0365 e. The molecule has 0 aromatic carbocycles. The maximum absolute atomic E-state index is 2.36. The van der Waals surface area contributed by atoms with E-state index in [1.54, 1.807) is 0 Å². The standard InChI is InChI=1S/C13H23N.C2H6/c1-12(2,3)11-7-9-14(10-8-11)13(4,5)6;1-2/h7-9H,10H2,1-6H3;1-2H3. The zero-order chi connectivity index (χ0) is 13.0. The van der Waals surface area contributed by atoms with E-state index in [9.17, 15) is 0 Å². The third-order valence-electron chi connectivity index (χ3n) is 2.67. The van der Waals surface area contributed by atoms with Crippen LogP contribution < -0.4 is 0 Å². The van der Waals surface area contributed by atoms with Gasteiger partial charge in [0.1, 0.15) is 0 Å². The van der Waals surface area contributed by atoms with Gasteiger partial charge in [-0.05, 0) is 37.8 Å². The average molecular weight is 223 g/mol. The molecular weight excluding hydrogens is 194 g/mol. The van der Waals surface area contributed by atoms with Gasteiger partial charge in [0, 0.05) is 18.3 Å². The van der Waals surface area contributed by atoms with E-state index in [4.69, 9.17) is 0 Å². The number of hydrogen-bond donors (Lipinski definition) is 0. The summed E-state index contributed by atoms with van der Waals surface area (Å²) in [5.41, 5.74) is 1.95. The van der Waals surface area contributed by atoms with Crippen molar-refractivity contribution >= 4 is 0 Å². The van der Waals surface area contributed by atoms with Gasteiger partial charge in [0.15, 0.2) is 0 Å². The van der Waals surface area contributed by atoms with Crippen LogP contribution in [-0.2, 0) is 0 Å². The third-order valence-corrected chi connectivity index (χ3v) is 2.67. The summed E-state index contributed by atoms with van der Waals surface area (Å²) in [6, 6.07) is 0. The third kappa shape index (κ3) is 4.42. The van der Waals surface area contributed by atoms with Gasteiger partial charge in [-0.1, -0.05) is 40.7 Å². The summed E-state index contributed by atoms with van der Waals surface area (Å²) in [6.07, 6.45) is 6.81. The van der Waals surface area contributed by atoms with Crippen LogP contribution in [0.3, 0.4) is 0 Å². The van der Waals surface area contributed by atoms with Crippen molar-refractivity contribution in [2.45, 2.75) is 60.9 Å². The van der Waals surface area contributed by atoms with Gasteiger partial charge in [-0.2, -0.15) is 0 Å². The molecule has 1 rings (SSSR count). The lowest BCUT2D eigenvalue weighted by Gasteiger charge is -2.37. The molecule has 1 heteroatoms. The molecule has 0 amide bonds. The van der Waals surface area contributed by atoms with Gasteiger partial charge < -0.3 is 4.90 Å². The molecule has 0 saturated carbocycles. The predicted octanol–water partition coefficient (Wildman–Crippen LogP) is 4.61. The van der Waals surface area contributed by atoms with Crippen LogP contribution in [0.4, 0.5) is 0 Å². The minimum atomic E-state index is 0.233. The SMILES string of the molecule is CC.CC(C)(C)C1=CCN(C(C)(C)C)C=C1. The van der Waals surface area contributed by atoms with Crippen molar-refractivity contribution < 1.29 is 0 Å². The molecule has 1 aliphatic rings. The molecule has 1 heterocycles. The molecular formula is C15H29N. The van der Waals surface area contributed by atoms with E-state index in [1.165, 1.54) is 5.57 Å². The molecule has 0 aliphatic carbocycles. The van der Waals surface area contributed by atoms with E-state index in [1.807, 2.05) is 13.8 Å². The van der Waals surface area contributed by atoms with Crippen LogP contribution in [0.25, 0.3) is 0 Å². The first kappa shape index (κ1) is 15.3. The molecule has 0 atom stereocenters. The fourth-order valence-corrected chi connectivity index (χ4v) is 1.55. The van der Waals surface area contributed by atoms with Crippen molar-refractivity contribution in [3.05, 3.63) is 23.9 Å². The highest BCUT2D eigenvalue weighted by Crippen LogP contribution is 2.29. The first-order valence-electron chi connectivity index (χ1n) is 6.37. The van der Waals surface area contributed by atoms with Gasteiger partial charge in [0.25, 0.3) is 0 Å². The van der Waals surface area contributed by atoms with Gasteiger partial charge in [0.05, 0.1) is 0 Å². The van der Waals surface area contributed by atoms with Crippen LogP contribution in [0.15, 0.2) is 23.9 Å². The summed E-state index contributed by atoms with van der Waals surface area (Å²) in [4.78, 5) is 2.36. The van der Waals surface area contributed by atoms with Crippen LogP contribution in [0.2, 0.25) is 0 Å². The molecule has 0 unspecified atom stereocenters. The normalized spacial score (nSPS) is 16.5. The molecule has 0 aromatic heterocycles. The highest BCUT2D eigenvalue weighted by Gasteiger charge is 2.22. The van der Waals surface area contributed by atoms with Gasteiger partial charge in [-0.15, -0.1) is 0 Å². The Balaban J connectivity index is 0.00000106. The highest BCUT2D eigenvalue weighted by atomic mass is 15.2. The molecule has 0 aromatic rings. The average Bonchev–Trinajstić information content (AvgIpc) is 2.18. The summed E-state index contributed by atoms with van der Waals surface area (Å²) in [5, 5.41) is 0. The molecule has 0 spiro atoms. The maximum atomic E-state index is 2.36. The molecule has 1 aliphatic heterocycles. The van der Waals surface area contributed by atoms with Crippen molar-refractivity contribution in [3.63, 3.8) is 0 Å². The lowest BCUT2D eigenvalue weighted by atomic mass is 9.85. The van der Waals surface area contributed by atoms with Gasteiger partial charge >= 0.3 is 0 Å². The summed E-state index contributed by atoms with van der Waals surface area (Å²) < 4.78 is 0. The van der Waals surface area contributed by atoms with E-state index in [0.717, 1.165) is 6.54 Å². The number of rotatable bonds is 0. The molecule has 0 bridgehead atoms. The fourth-order valence-electron chi connectivity index (χ4n) is 1.55. The van der Waals surface area contributed by atoms with Crippen LogP contribution in [-0.4, -0.2) is 17.0 Å². The Labute approximate surface area is 102 Å². The summed E-state index contributed by atoms with van der Waals surface area (Å²) in [5.74, 6) is 0. The highest BCUT2D eigenvalue weighted by molar-refractivity contribution is 5.28. The molecule has 0 saturated heterocycles. The predicted molar refractivity (Wildman–Crippen MR) is 74.5 cm³/mol. The van der Waals surface area contributed by atoms with Gasteiger partial charge in [-0.25, -0.2) is 0 Å². The first-order valence-corrected chi connectivity index (χ1v) is 6.37. The Morgan fingerprint density at radius 2 is 1.50 bits per heavy atom. The van der Waals surface area contributed by atoms with Crippen molar-refractivity contribution in [1.82, 2.24) is 4.90 Å². The zero-order valence-corrected chi connectivity index (χ0v) is 12.4. The van der Waals surface area contributed by atoms with Crippen molar-refractivity contribution in [2.75, 3.05) is 6.54 Å². The monoisotopic (exact) mass is 223 g/mol. The van der Waals surface area contributed by atoms with Crippen molar-refractivity contribution in [1.29, 1.82) is 0 Å².